The lowest BCUT2D eigenvalue weighted by atomic mass is 10.2. The molecule has 0 aliphatic carbocycles. The van der Waals surface area contributed by atoms with Crippen molar-refractivity contribution >= 4 is 6.47 Å². The molecule has 0 atom stereocenters. The zero-order valence-electron chi connectivity index (χ0n) is 9.40. The van der Waals surface area contributed by atoms with Gasteiger partial charge in [0, 0.05) is 5.56 Å². The van der Waals surface area contributed by atoms with Crippen molar-refractivity contribution in [2.75, 3.05) is 21.3 Å². The van der Waals surface area contributed by atoms with E-state index in [0.29, 0.717) is 22.8 Å². The van der Waals surface area contributed by atoms with Crippen LogP contribution in [0.4, 0.5) is 0 Å². The number of hydrogen-bond acceptors (Lipinski definition) is 5. The molecule has 5 nitrogen and oxygen atoms in total. The number of ether oxygens (including phenoxy) is 4. The van der Waals surface area contributed by atoms with Crippen LogP contribution in [0.25, 0.3) is 0 Å². The normalized spacial score (nSPS) is 9.44. The maximum atomic E-state index is 10.0. The summed E-state index contributed by atoms with van der Waals surface area (Å²) in [5.74, 6) is 1.51. The minimum Gasteiger partial charge on any atom is -0.493 e. The highest BCUT2D eigenvalue weighted by Gasteiger charge is 2.15. The number of rotatable bonds is 6. The summed E-state index contributed by atoms with van der Waals surface area (Å²) in [4.78, 5) is 10.0. The minimum atomic E-state index is 0.0764. The first-order valence-corrected chi connectivity index (χ1v) is 4.55. The van der Waals surface area contributed by atoms with Gasteiger partial charge in [0.25, 0.3) is 0 Å². The summed E-state index contributed by atoms with van der Waals surface area (Å²) in [5, 5.41) is 0. The zero-order valence-corrected chi connectivity index (χ0v) is 9.40. The van der Waals surface area contributed by atoms with Gasteiger partial charge in [-0.1, -0.05) is 0 Å². The zero-order chi connectivity index (χ0) is 12.0. The van der Waals surface area contributed by atoms with Crippen LogP contribution in [0.5, 0.6) is 17.2 Å². The fourth-order valence-electron chi connectivity index (χ4n) is 1.38. The van der Waals surface area contributed by atoms with Crippen LogP contribution in [0.1, 0.15) is 5.56 Å². The van der Waals surface area contributed by atoms with Crippen LogP contribution in [0.15, 0.2) is 12.1 Å². The van der Waals surface area contributed by atoms with Crippen molar-refractivity contribution < 1.29 is 23.7 Å². The minimum absolute atomic E-state index is 0.0764. The van der Waals surface area contributed by atoms with Gasteiger partial charge in [0.1, 0.15) is 6.61 Å². The van der Waals surface area contributed by atoms with E-state index in [9.17, 15) is 4.79 Å². The SMILES string of the molecule is COc1ccc(CO[C]=O)c(OC)c1OC. The highest BCUT2D eigenvalue weighted by molar-refractivity contribution is 5.56. The Morgan fingerprint density at radius 1 is 1.06 bits per heavy atom. The van der Waals surface area contributed by atoms with Gasteiger partial charge in [0.05, 0.1) is 21.3 Å². The second kappa shape index (κ2) is 5.85. The number of methoxy groups -OCH3 is 3. The summed E-state index contributed by atoms with van der Waals surface area (Å²) in [7, 11) is 4.55. The van der Waals surface area contributed by atoms with Crippen molar-refractivity contribution in [2.24, 2.45) is 0 Å². The largest absolute Gasteiger partial charge is 0.493 e. The Kier molecular flexibility index (Phi) is 4.44. The van der Waals surface area contributed by atoms with Crippen molar-refractivity contribution in [1.82, 2.24) is 0 Å². The smallest absolute Gasteiger partial charge is 0.417 e. The highest BCUT2D eigenvalue weighted by atomic mass is 16.5. The standard InChI is InChI=1S/C11H13O5/c1-13-9-5-4-8(6-16-7-12)10(14-2)11(9)15-3/h4-5H,6H2,1-3H3. The van der Waals surface area contributed by atoms with E-state index in [2.05, 4.69) is 4.74 Å². The molecule has 87 valence electrons. The Morgan fingerprint density at radius 3 is 2.25 bits per heavy atom. The lowest BCUT2D eigenvalue weighted by Crippen LogP contribution is -2.00. The molecule has 0 saturated heterocycles. The molecule has 1 aromatic rings. The number of benzene rings is 1. The Bertz CT molecular complexity index is 362. The van der Waals surface area contributed by atoms with Gasteiger partial charge in [0.2, 0.25) is 5.75 Å². The highest BCUT2D eigenvalue weighted by Crippen LogP contribution is 2.39. The molecule has 0 heterocycles. The van der Waals surface area contributed by atoms with Crippen LogP contribution < -0.4 is 14.2 Å². The third-order valence-corrected chi connectivity index (χ3v) is 2.07. The molecule has 0 aliphatic rings. The predicted octanol–water partition coefficient (Wildman–Crippen LogP) is 1.30. The maximum Gasteiger partial charge on any atom is 0.417 e. The van der Waals surface area contributed by atoms with Crippen molar-refractivity contribution in [3.8, 4) is 17.2 Å². The molecular weight excluding hydrogens is 212 g/mol. The first-order valence-electron chi connectivity index (χ1n) is 4.55. The molecule has 5 heteroatoms. The summed E-state index contributed by atoms with van der Waals surface area (Å²) >= 11 is 0. The lowest BCUT2D eigenvalue weighted by molar-refractivity contribution is 0.257. The van der Waals surface area contributed by atoms with E-state index in [-0.39, 0.29) is 6.61 Å². The van der Waals surface area contributed by atoms with Gasteiger partial charge in [-0.25, -0.2) is 4.79 Å². The van der Waals surface area contributed by atoms with E-state index in [1.165, 1.54) is 27.8 Å². The lowest BCUT2D eigenvalue weighted by Gasteiger charge is -2.14. The van der Waals surface area contributed by atoms with Crippen LogP contribution >= 0.6 is 0 Å². The average Bonchev–Trinajstić information content (AvgIpc) is 2.34. The second-order valence-electron chi connectivity index (χ2n) is 2.87. The fraction of sp³-hybridized carbons (Fsp3) is 0.364. The van der Waals surface area contributed by atoms with Crippen LogP contribution in [0.3, 0.4) is 0 Å². The van der Waals surface area contributed by atoms with Crippen LogP contribution in [0.2, 0.25) is 0 Å². The molecule has 0 aliphatic heterocycles. The molecule has 1 rings (SSSR count). The number of carbonyl (C=O) groups excluding carboxylic acids is 1. The molecule has 16 heavy (non-hydrogen) atoms. The van der Waals surface area contributed by atoms with Crippen molar-refractivity contribution in [3.05, 3.63) is 17.7 Å². The molecule has 1 radical (unpaired) electrons. The van der Waals surface area contributed by atoms with Crippen LogP contribution in [0, 0.1) is 0 Å². The van der Waals surface area contributed by atoms with Crippen LogP contribution in [-0.2, 0) is 16.1 Å². The first-order chi connectivity index (χ1) is 7.78. The van der Waals surface area contributed by atoms with Gasteiger partial charge in [-0.3, -0.25) is 0 Å². The average molecular weight is 225 g/mol. The summed E-state index contributed by atoms with van der Waals surface area (Å²) in [6.45, 7) is 1.43. The van der Waals surface area contributed by atoms with Gasteiger partial charge in [-0.15, -0.1) is 0 Å². The molecule has 0 unspecified atom stereocenters. The van der Waals surface area contributed by atoms with Gasteiger partial charge in [-0.2, -0.15) is 0 Å². The molecule has 0 amide bonds. The molecule has 0 bridgehead atoms. The molecule has 0 aromatic heterocycles. The summed E-state index contributed by atoms with van der Waals surface area (Å²) in [6.07, 6.45) is 0. The second-order valence-corrected chi connectivity index (χ2v) is 2.87. The maximum absolute atomic E-state index is 10.0. The van der Waals surface area contributed by atoms with E-state index in [1.54, 1.807) is 12.1 Å². The van der Waals surface area contributed by atoms with Gasteiger partial charge < -0.3 is 18.9 Å². The third-order valence-electron chi connectivity index (χ3n) is 2.07. The van der Waals surface area contributed by atoms with Gasteiger partial charge >= 0.3 is 6.47 Å². The Hall–Kier alpha value is -1.91. The predicted molar refractivity (Wildman–Crippen MR) is 56.6 cm³/mol. The monoisotopic (exact) mass is 225 g/mol. The quantitative estimate of drug-likeness (QED) is 0.730. The summed E-state index contributed by atoms with van der Waals surface area (Å²) in [6, 6.07) is 3.45. The Morgan fingerprint density at radius 2 is 1.75 bits per heavy atom. The van der Waals surface area contributed by atoms with Crippen molar-refractivity contribution in [3.63, 3.8) is 0 Å². The van der Waals surface area contributed by atoms with E-state index < -0.39 is 0 Å². The molecule has 0 fully saturated rings. The molecule has 0 spiro atoms. The number of hydrogen-bond donors (Lipinski definition) is 0. The van der Waals surface area contributed by atoms with Crippen molar-refractivity contribution in [1.29, 1.82) is 0 Å². The van der Waals surface area contributed by atoms with E-state index in [4.69, 9.17) is 14.2 Å². The van der Waals surface area contributed by atoms with E-state index in [1.807, 2.05) is 0 Å². The first kappa shape index (κ1) is 12.2. The van der Waals surface area contributed by atoms with Gasteiger partial charge in [-0.05, 0) is 12.1 Å². The van der Waals surface area contributed by atoms with Crippen molar-refractivity contribution in [2.45, 2.75) is 6.61 Å². The summed E-state index contributed by atoms with van der Waals surface area (Å²) in [5.41, 5.74) is 0.684. The fourth-order valence-corrected chi connectivity index (χ4v) is 1.38. The Labute approximate surface area is 93.9 Å². The molecule has 1 aromatic carbocycles. The van der Waals surface area contributed by atoms with Crippen LogP contribution in [-0.4, -0.2) is 27.8 Å². The van der Waals surface area contributed by atoms with Gasteiger partial charge in [0.15, 0.2) is 11.5 Å². The van der Waals surface area contributed by atoms with E-state index >= 15 is 0 Å². The molecular formula is C11H13O5. The third kappa shape index (κ3) is 2.36. The molecule has 0 saturated carbocycles. The summed E-state index contributed by atoms with van der Waals surface area (Å²) < 4.78 is 20.0. The molecule has 0 N–H and O–H groups in total. The Balaban J connectivity index is 3.14. The topological polar surface area (TPSA) is 54.0 Å². The van der Waals surface area contributed by atoms with E-state index in [0.717, 1.165) is 0 Å².